The maximum atomic E-state index is 13.3. The van der Waals surface area contributed by atoms with Crippen LogP contribution in [0.1, 0.15) is 50.7 Å². The maximum Gasteiger partial charge on any atom is 0.246 e. The molecule has 0 aromatic heterocycles. The van der Waals surface area contributed by atoms with Crippen molar-refractivity contribution in [2.75, 3.05) is 6.54 Å². The maximum absolute atomic E-state index is 13.3. The molecule has 1 aromatic carbocycles. The molecule has 2 amide bonds. The van der Waals surface area contributed by atoms with Gasteiger partial charge in [-0.25, -0.2) is 0 Å². The summed E-state index contributed by atoms with van der Waals surface area (Å²) in [5.74, 6) is 0.474. The Morgan fingerprint density at radius 1 is 1.11 bits per heavy atom. The topological polar surface area (TPSA) is 40.6 Å². The Morgan fingerprint density at radius 2 is 1.89 bits per heavy atom. The number of rotatable bonds is 4. The zero-order chi connectivity index (χ0) is 19.0. The minimum atomic E-state index is -0.291. The molecular formula is C23H30N2O2. The van der Waals surface area contributed by atoms with Gasteiger partial charge in [0.1, 0.15) is 6.04 Å². The molecule has 1 aromatic rings. The number of fused-ring (bicyclic) bond motifs is 2. The first-order valence-corrected chi connectivity index (χ1v) is 10.5. The molecule has 4 heteroatoms. The summed E-state index contributed by atoms with van der Waals surface area (Å²) < 4.78 is 0. The van der Waals surface area contributed by atoms with Crippen molar-refractivity contribution in [3.8, 4) is 0 Å². The fraction of sp³-hybridized carbons (Fsp3) is 0.565. The summed E-state index contributed by atoms with van der Waals surface area (Å²) in [5.41, 5.74) is 2.57. The molecule has 144 valence electrons. The van der Waals surface area contributed by atoms with Crippen LogP contribution < -0.4 is 0 Å². The fourth-order valence-corrected chi connectivity index (χ4v) is 5.16. The van der Waals surface area contributed by atoms with Crippen LogP contribution in [-0.2, 0) is 22.4 Å². The van der Waals surface area contributed by atoms with Gasteiger partial charge in [0.2, 0.25) is 11.8 Å². The second kappa shape index (κ2) is 7.49. The van der Waals surface area contributed by atoms with Gasteiger partial charge in [-0.1, -0.05) is 43.3 Å². The van der Waals surface area contributed by atoms with Crippen LogP contribution in [0.3, 0.4) is 0 Å². The highest BCUT2D eigenvalue weighted by Crippen LogP contribution is 2.36. The first-order chi connectivity index (χ1) is 13.1. The van der Waals surface area contributed by atoms with Gasteiger partial charge in [-0.2, -0.15) is 0 Å². The lowest BCUT2D eigenvalue weighted by Gasteiger charge is -2.33. The van der Waals surface area contributed by atoms with Crippen molar-refractivity contribution in [1.29, 1.82) is 0 Å². The quantitative estimate of drug-likeness (QED) is 0.767. The number of aryl methyl sites for hydroxylation is 2. The number of amides is 2. The Balaban J connectivity index is 1.48. The van der Waals surface area contributed by atoms with E-state index in [1.165, 1.54) is 11.1 Å². The number of carbonyl (C=O) groups excluding carboxylic acids is 2. The summed E-state index contributed by atoms with van der Waals surface area (Å²) in [5, 5.41) is 0. The molecule has 0 aliphatic carbocycles. The van der Waals surface area contributed by atoms with Crippen molar-refractivity contribution in [3.05, 3.63) is 47.5 Å². The monoisotopic (exact) mass is 366 g/mol. The van der Waals surface area contributed by atoms with Gasteiger partial charge >= 0.3 is 0 Å². The zero-order valence-corrected chi connectivity index (χ0v) is 16.4. The van der Waals surface area contributed by atoms with Gasteiger partial charge in [-0.05, 0) is 50.2 Å². The van der Waals surface area contributed by atoms with E-state index in [4.69, 9.17) is 0 Å². The Morgan fingerprint density at radius 3 is 2.67 bits per heavy atom. The standard InChI is InChI=1S/C23H30N2O2/c1-3-17-6-4-5-7-18(17)10-13-21(26)24-15-14-19-9-12-20-11-8-16(2)25(20)23(27)22(19)24/h4-7,9,12,16,19-20,22H,3,8,10-11,13-15H2,1-2H3/t16-,19-,20-,22+/m1/s1. The van der Waals surface area contributed by atoms with Crippen molar-refractivity contribution in [1.82, 2.24) is 9.80 Å². The van der Waals surface area contributed by atoms with E-state index in [9.17, 15) is 9.59 Å². The van der Waals surface area contributed by atoms with E-state index in [1.807, 2.05) is 15.9 Å². The molecule has 0 saturated carbocycles. The highest BCUT2D eigenvalue weighted by Gasteiger charge is 2.47. The lowest BCUT2D eigenvalue weighted by atomic mass is 9.98. The van der Waals surface area contributed by atoms with E-state index in [1.54, 1.807) is 0 Å². The number of hydrogen-bond donors (Lipinski definition) is 0. The van der Waals surface area contributed by atoms with Crippen LogP contribution in [0.5, 0.6) is 0 Å². The van der Waals surface area contributed by atoms with Gasteiger partial charge in [0, 0.05) is 24.9 Å². The Bertz CT molecular complexity index is 757. The summed E-state index contributed by atoms with van der Waals surface area (Å²) in [6.07, 6.45) is 9.65. The average Bonchev–Trinajstić information content (AvgIpc) is 3.24. The molecule has 4 nitrogen and oxygen atoms in total. The lowest BCUT2D eigenvalue weighted by molar-refractivity contribution is -0.145. The number of carbonyl (C=O) groups is 2. The van der Waals surface area contributed by atoms with E-state index in [0.29, 0.717) is 13.0 Å². The number of likely N-dealkylation sites (tertiary alicyclic amines) is 1. The summed E-state index contributed by atoms with van der Waals surface area (Å²) in [6.45, 7) is 4.98. The van der Waals surface area contributed by atoms with Crippen LogP contribution in [0.2, 0.25) is 0 Å². The minimum Gasteiger partial charge on any atom is -0.332 e. The summed E-state index contributed by atoms with van der Waals surface area (Å²) >= 11 is 0. The van der Waals surface area contributed by atoms with Gasteiger partial charge in [0.05, 0.1) is 6.04 Å². The van der Waals surface area contributed by atoms with E-state index < -0.39 is 0 Å². The fourth-order valence-electron chi connectivity index (χ4n) is 5.16. The van der Waals surface area contributed by atoms with Crippen molar-refractivity contribution in [2.24, 2.45) is 5.92 Å². The molecule has 27 heavy (non-hydrogen) atoms. The molecule has 4 rings (SSSR count). The molecule has 4 atom stereocenters. The average molecular weight is 367 g/mol. The van der Waals surface area contributed by atoms with Gasteiger partial charge in [-0.15, -0.1) is 0 Å². The molecule has 0 bridgehead atoms. The summed E-state index contributed by atoms with van der Waals surface area (Å²) in [6, 6.07) is 8.57. The Labute approximate surface area is 162 Å². The molecule has 3 aliphatic heterocycles. The van der Waals surface area contributed by atoms with Crippen molar-refractivity contribution in [3.63, 3.8) is 0 Å². The van der Waals surface area contributed by atoms with Crippen LogP contribution in [-0.4, -0.2) is 46.3 Å². The SMILES string of the molecule is CCc1ccccc1CCC(=O)N1CC[C@H]2C=C[C@H]3CC[C@@H](C)N3C(=O)[C@H]21. The van der Waals surface area contributed by atoms with Gasteiger partial charge in [-0.3, -0.25) is 9.59 Å². The van der Waals surface area contributed by atoms with E-state index in [2.05, 4.69) is 44.2 Å². The first kappa shape index (κ1) is 18.3. The normalized spacial score (nSPS) is 29.6. The second-order valence-corrected chi connectivity index (χ2v) is 8.23. The largest absolute Gasteiger partial charge is 0.332 e. The predicted molar refractivity (Wildman–Crippen MR) is 106 cm³/mol. The van der Waals surface area contributed by atoms with Gasteiger partial charge in [0.15, 0.2) is 0 Å². The molecule has 2 fully saturated rings. The molecule has 0 N–H and O–H groups in total. The van der Waals surface area contributed by atoms with E-state index in [-0.39, 0.29) is 35.9 Å². The lowest BCUT2D eigenvalue weighted by Crippen LogP contribution is -2.51. The molecule has 2 saturated heterocycles. The van der Waals surface area contributed by atoms with Crippen molar-refractivity contribution >= 4 is 11.8 Å². The molecule has 0 spiro atoms. The van der Waals surface area contributed by atoms with Gasteiger partial charge in [0.25, 0.3) is 0 Å². The number of nitrogens with zero attached hydrogens (tertiary/aromatic N) is 2. The van der Waals surface area contributed by atoms with Gasteiger partial charge < -0.3 is 9.80 Å². The van der Waals surface area contributed by atoms with Crippen LogP contribution in [0.25, 0.3) is 0 Å². The number of hydrogen-bond acceptors (Lipinski definition) is 2. The van der Waals surface area contributed by atoms with E-state index in [0.717, 1.165) is 32.1 Å². The molecule has 3 heterocycles. The third-order valence-electron chi connectivity index (χ3n) is 6.67. The number of benzene rings is 1. The third kappa shape index (κ3) is 3.30. The second-order valence-electron chi connectivity index (χ2n) is 8.23. The Kier molecular flexibility index (Phi) is 5.07. The van der Waals surface area contributed by atoms with Crippen LogP contribution >= 0.6 is 0 Å². The molecular weight excluding hydrogens is 336 g/mol. The van der Waals surface area contributed by atoms with Crippen LogP contribution in [0.4, 0.5) is 0 Å². The first-order valence-electron chi connectivity index (χ1n) is 10.5. The summed E-state index contributed by atoms with van der Waals surface area (Å²) in [4.78, 5) is 30.3. The third-order valence-corrected chi connectivity index (χ3v) is 6.67. The Hall–Kier alpha value is -2.10. The van der Waals surface area contributed by atoms with Crippen LogP contribution in [0, 0.1) is 5.92 Å². The zero-order valence-electron chi connectivity index (χ0n) is 16.4. The van der Waals surface area contributed by atoms with Crippen molar-refractivity contribution in [2.45, 2.75) is 70.5 Å². The molecule has 0 radical (unpaired) electrons. The highest BCUT2D eigenvalue weighted by molar-refractivity contribution is 5.90. The smallest absolute Gasteiger partial charge is 0.246 e. The van der Waals surface area contributed by atoms with E-state index >= 15 is 0 Å². The summed E-state index contributed by atoms with van der Waals surface area (Å²) in [7, 11) is 0. The molecule has 0 unspecified atom stereocenters. The highest BCUT2D eigenvalue weighted by atomic mass is 16.2. The van der Waals surface area contributed by atoms with Crippen LogP contribution in [0.15, 0.2) is 36.4 Å². The van der Waals surface area contributed by atoms with Crippen molar-refractivity contribution < 1.29 is 9.59 Å². The minimum absolute atomic E-state index is 0.125. The predicted octanol–water partition coefficient (Wildman–Crippen LogP) is 3.35. The molecule has 3 aliphatic rings.